The van der Waals surface area contributed by atoms with Crippen molar-refractivity contribution in [3.05, 3.63) is 64.2 Å². The highest BCUT2D eigenvalue weighted by Crippen LogP contribution is 2.22. The van der Waals surface area contributed by atoms with Crippen LogP contribution in [0.4, 0.5) is 11.4 Å². The molecule has 0 aliphatic carbocycles. The molecule has 2 aromatic carbocycles. The van der Waals surface area contributed by atoms with E-state index in [1.807, 2.05) is 0 Å². The Balaban J connectivity index is 1.91. The highest BCUT2D eigenvalue weighted by atomic mass is 32.2. The first-order valence-electron chi connectivity index (χ1n) is 8.28. The van der Waals surface area contributed by atoms with E-state index in [-0.39, 0.29) is 29.5 Å². The number of hydrogen-bond donors (Lipinski definition) is 1. The summed E-state index contributed by atoms with van der Waals surface area (Å²) in [6, 6.07) is 12.3. The average Bonchev–Trinajstić information content (AvgIpc) is 2.64. The molecule has 0 heterocycles. The molecular weight excluding hydrogens is 370 g/mol. The van der Waals surface area contributed by atoms with Crippen LogP contribution in [0, 0.1) is 17.0 Å². The van der Waals surface area contributed by atoms with E-state index in [0.717, 1.165) is 0 Å². The zero-order valence-electron chi connectivity index (χ0n) is 15.1. The molecule has 1 N–H and O–H groups in total. The number of carbonyl (C=O) groups excluding carboxylic acids is 1. The van der Waals surface area contributed by atoms with Crippen molar-refractivity contribution in [2.45, 2.75) is 24.7 Å². The van der Waals surface area contributed by atoms with E-state index in [9.17, 15) is 23.3 Å². The van der Waals surface area contributed by atoms with Crippen molar-refractivity contribution in [3.8, 4) is 0 Å². The van der Waals surface area contributed by atoms with E-state index in [2.05, 4.69) is 5.32 Å². The lowest BCUT2D eigenvalue weighted by atomic mass is 10.1. The maximum Gasteiger partial charge on any atom is 0.271 e. The van der Waals surface area contributed by atoms with Crippen LogP contribution in [-0.4, -0.2) is 37.1 Å². The number of carbonyl (C=O) groups is 1. The van der Waals surface area contributed by atoms with Crippen molar-refractivity contribution < 1.29 is 18.1 Å². The smallest absolute Gasteiger partial charge is 0.271 e. The molecule has 0 saturated heterocycles. The summed E-state index contributed by atoms with van der Waals surface area (Å²) in [5.74, 6) is -0.330. The molecule has 1 amide bonds. The molecule has 0 fully saturated rings. The van der Waals surface area contributed by atoms with Crippen molar-refractivity contribution >= 4 is 27.3 Å². The van der Waals surface area contributed by atoms with Crippen LogP contribution >= 0.6 is 0 Å². The van der Waals surface area contributed by atoms with E-state index in [4.69, 9.17) is 0 Å². The minimum absolute atomic E-state index is 0.0940. The van der Waals surface area contributed by atoms with E-state index >= 15 is 0 Å². The molecule has 2 rings (SSSR count). The van der Waals surface area contributed by atoms with Gasteiger partial charge < -0.3 is 5.32 Å². The van der Waals surface area contributed by atoms with Crippen LogP contribution in [0.2, 0.25) is 0 Å². The predicted molar refractivity (Wildman–Crippen MR) is 102 cm³/mol. The number of hydrogen-bond acceptors (Lipinski definition) is 5. The second-order valence-corrected chi connectivity index (χ2v) is 8.09. The lowest BCUT2D eigenvalue weighted by Crippen LogP contribution is -2.28. The Kier molecular flexibility index (Phi) is 6.65. The van der Waals surface area contributed by atoms with Gasteiger partial charge in [-0.1, -0.05) is 24.3 Å². The van der Waals surface area contributed by atoms with E-state index in [1.165, 1.54) is 35.6 Å². The molecule has 0 aliphatic rings. The number of aryl methyl sites for hydroxylation is 1. The maximum atomic E-state index is 12.4. The number of rotatable bonds is 8. The molecule has 0 aliphatic heterocycles. The molecule has 2 aromatic rings. The summed E-state index contributed by atoms with van der Waals surface area (Å²) in [5, 5.41) is 13.5. The van der Waals surface area contributed by atoms with Gasteiger partial charge in [0.05, 0.1) is 15.5 Å². The molecule has 0 saturated carbocycles. The maximum absolute atomic E-state index is 12.4. The Morgan fingerprint density at radius 2 is 1.85 bits per heavy atom. The highest BCUT2D eigenvalue weighted by molar-refractivity contribution is 7.89. The van der Waals surface area contributed by atoms with Crippen LogP contribution in [0.25, 0.3) is 0 Å². The van der Waals surface area contributed by atoms with Crippen molar-refractivity contribution in [1.29, 1.82) is 0 Å². The normalized spacial score (nSPS) is 11.4. The summed E-state index contributed by atoms with van der Waals surface area (Å²) in [6.45, 7) is 1.91. The minimum Gasteiger partial charge on any atom is -0.326 e. The third-order valence-electron chi connectivity index (χ3n) is 4.03. The third-order valence-corrected chi connectivity index (χ3v) is 5.91. The zero-order valence-corrected chi connectivity index (χ0v) is 15.9. The van der Waals surface area contributed by atoms with E-state index in [0.29, 0.717) is 17.7 Å². The van der Waals surface area contributed by atoms with Crippen LogP contribution < -0.4 is 5.32 Å². The topological polar surface area (TPSA) is 110 Å². The number of non-ortho nitro benzene ring substituents is 1. The monoisotopic (exact) mass is 391 g/mol. The van der Waals surface area contributed by atoms with Crippen molar-refractivity contribution in [3.63, 3.8) is 0 Å². The van der Waals surface area contributed by atoms with Gasteiger partial charge in [0.2, 0.25) is 15.9 Å². The second kappa shape index (κ2) is 8.74. The molecule has 0 radical (unpaired) electrons. The number of benzene rings is 2. The number of sulfonamides is 1. The van der Waals surface area contributed by atoms with Crippen LogP contribution in [0.15, 0.2) is 53.4 Å². The molecule has 9 heteroatoms. The fraction of sp³-hybridized carbons (Fsp3) is 0.278. The lowest BCUT2D eigenvalue weighted by Gasteiger charge is -2.17. The van der Waals surface area contributed by atoms with Gasteiger partial charge >= 0.3 is 0 Å². The van der Waals surface area contributed by atoms with E-state index in [1.54, 1.807) is 31.2 Å². The molecule has 0 spiro atoms. The van der Waals surface area contributed by atoms with Crippen LogP contribution in [0.3, 0.4) is 0 Å². The standard InChI is InChI=1S/C18H21N3O5S/c1-14-10-11-15(21(23)24)13-17(14)19-18(22)9-6-12-20(2)27(25,26)16-7-4-3-5-8-16/h3-5,7-8,10-11,13H,6,9,12H2,1-2H3,(H,19,22). The molecule has 0 atom stereocenters. The predicted octanol–water partition coefficient (Wildman–Crippen LogP) is 2.94. The summed E-state index contributed by atoms with van der Waals surface area (Å²) in [4.78, 5) is 22.6. The summed E-state index contributed by atoms with van der Waals surface area (Å²) in [5.41, 5.74) is 0.974. The summed E-state index contributed by atoms with van der Waals surface area (Å²) in [6.07, 6.45) is 0.416. The molecule has 144 valence electrons. The van der Waals surface area contributed by atoms with Crippen molar-refractivity contribution in [1.82, 2.24) is 4.31 Å². The van der Waals surface area contributed by atoms with Gasteiger partial charge in [0.1, 0.15) is 0 Å². The third kappa shape index (κ3) is 5.35. The van der Waals surface area contributed by atoms with Gasteiger partial charge in [-0.3, -0.25) is 14.9 Å². The Morgan fingerprint density at radius 1 is 1.19 bits per heavy atom. The molecule has 27 heavy (non-hydrogen) atoms. The first kappa shape index (κ1) is 20.5. The Labute approximate surface area is 158 Å². The number of nitrogens with zero attached hydrogens (tertiary/aromatic N) is 2. The van der Waals surface area contributed by atoms with Gasteiger partial charge in [-0.25, -0.2) is 12.7 Å². The molecular formula is C18H21N3O5S. The van der Waals surface area contributed by atoms with Gasteiger partial charge in [0, 0.05) is 32.1 Å². The van der Waals surface area contributed by atoms with Gasteiger partial charge in [-0.05, 0) is 31.0 Å². The van der Waals surface area contributed by atoms with E-state index < -0.39 is 14.9 Å². The Hall–Kier alpha value is -2.78. The average molecular weight is 391 g/mol. The minimum atomic E-state index is -3.59. The van der Waals surface area contributed by atoms with Crippen molar-refractivity contribution in [2.24, 2.45) is 0 Å². The van der Waals surface area contributed by atoms with Crippen LogP contribution in [0.1, 0.15) is 18.4 Å². The second-order valence-electron chi connectivity index (χ2n) is 6.05. The number of amides is 1. The highest BCUT2D eigenvalue weighted by Gasteiger charge is 2.20. The van der Waals surface area contributed by atoms with Crippen LogP contribution in [0.5, 0.6) is 0 Å². The number of nitro benzene ring substituents is 1. The van der Waals surface area contributed by atoms with Crippen molar-refractivity contribution in [2.75, 3.05) is 18.9 Å². The van der Waals surface area contributed by atoms with Gasteiger partial charge in [-0.15, -0.1) is 0 Å². The molecule has 0 unspecified atom stereocenters. The quantitative estimate of drug-likeness (QED) is 0.549. The molecule has 0 bridgehead atoms. The molecule has 0 aromatic heterocycles. The lowest BCUT2D eigenvalue weighted by molar-refractivity contribution is -0.384. The fourth-order valence-corrected chi connectivity index (χ4v) is 3.66. The number of anilines is 1. The summed E-state index contributed by atoms with van der Waals surface area (Å²) < 4.78 is 26.0. The first-order chi connectivity index (χ1) is 12.7. The summed E-state index contributed by atoms with van der Waals surface area (Å²) in [7, 11) is -2.13. The van der Waals surface area contributed by atoms with Gasteiger partial charge in [0.25, 0.3) is 5.69 Å². The Bertz CT molecular complexity index is 929. The van der Waals surface area contributed by atoms with Gasteiger partial charge in [0.15, 0.2) is 0 Å². The zero-order chi connectivity index (χ0) is 20.0. The summed E-state index contributed by atoms with van der Waals surface area (Å²) >= 11 is 0. The molecule has 8 nitrogen and oxygen atoms in total. The Morgan fingerprint density at radius 3 is 2.48 bits per heavy atom. The number of nitro groups is 1. The van der Waals surface area contributed by atoms with Crippen LogP contribution in [-0.2, 0) is 14.8 Å². The SMILES string of the molecule is Cc1ccc([N+](=O)[O-])cc1NC(=O)CCCN(C)S(=O)(=O)c1ccccc1. The largest absolute Gasteiger partial charge is 0.326 e. The fourth-order valence-electron chi connectivity index (χ4n) is 2.43. The van der Waals surface area contributed by atoms with Gasteiger partial charge in [-0.2, -0.15) is 0 Å². The number of nitrogens with one attached hydrogen (secondary N) is 1. The first-order valence-corrected chi connectivity index (χ1v) is 9.72.